The molecule has 3 rings (SSSR count). The fourth-order valence-electron chi connectivity index (χ4n) is 3.55. The molecule has 0 aliphatic carbocycles. The molecule has 2 aromatic carbocycles. The lowest BCUT2D eigenvalue weighted by Gasteiger charge is -2.34. The third-order valence-corrected chi connectivity index (χ3v) is 4.96. The molecule has 0 radical (unpaired) electrons. The molecule has 1 heterocycles. The Hall–Kier alpha value is -1.98. The van der Waals surface area contributed by atoms with Gasteiger partial charge >= 0.3 is 0 Å². The molecule has 2 unspecified atom stereocenters. The van der Waals surface area contributed by atoms with Crippen LogP contribution in [0.3, 0.4) is 0 Å². The smallest absolute Gasteiger partial charge is 0.270 e. The van der Waals surface area contributed by atoms with Crippen LogP contribution in [0.1, 0.15) is 42.5 Å². The number of ether oxygens (including phenoxy) is 1. The average Bonchev–Trinajstić information content (AvgIpc) is 2.66. The van der Waals surface area contributed by atoms with Crippen molar-refractivity contribution >= 4 is 0 Å². The summed E-state index contributed by atoms with van der Waals surface area (Å²) in [4.78, 5) is 0. The van der Waals surface area contributed by atoms with E-state index in [0.717, 1.165) is 31.9 Å². The zero-order chi connectivity index (χ0) is 18.6. The van der Waals surface area contributed by atoms with Crippen LogP contribution in [0.15, 0.2) is 48.5 Å². The van der Waals surface area contributed by atoms with Gasteiger partial charge in [0.25, 0.3) is 5.92 Å². The van der Waals surface area contributed by atoms with Gasteiger partial charge in [0.05, 0.1) is 7.11 Å². The van der Waals surface area contributed by atoms with Crippen LogP contribution in [0.5, 0.6) is 5.75 Å². The van der Waals surface area contributed by atoms with Crippen molar-refractivity contribution in [3.63, 3.8) is 0 Å². The van der Waals surface area contributed by atoms with Crippen molar-refractivity contribution in [3.05, 3.63) is 65.2 Å². The number of piperidine rings is 1. The van der Waals surface area contributed by atoms with E-state index in [2.05, 4.69) is 22.8 Å². The van der Waals surface area contributed by atoms with Gasteiger partial charge in [-0.05, 0) is 43.1 Å². The first kappa shape index (κ1) is 18.8. The molecular formula is C21H26F2N2O. The Labute approximate surface area is 153 Å². The van der Waals surface area contributed by atoms with Crippen LogP contribution in [-0.2, 0) is 12.5 Å². The molecule has 140 valence electrons. The molecular weight excluding hydrogens is 334 g/mol. The third-order valence-electron chi connectivity index (χ3n) is 4.96. The highest BCUT2D eigenvalue weighted by molar-refractivity contribution is 5.38. The average molecular weight is 360 g/mol. The third kappa shape index (κ3) is 4.40. The summed E-state index contributed by atoms with van der Waals surface area (Å²) in [6.45, 7) is 2.39. The molecule has 3 nitrogen and oxygen atoms in total. The van der Waals surface area contributed by atoms with Gasteiger partial charge in [0.2, 0.25) is 0 Å². The number of methoxy groups -OCH3 is 1. The van der Waals surface area contributed by atoms with E-state index in [9.17, 15) is 8.78 Å². The van der Waals surface area contributed by atoms with Crippen LogP contribution in [-0.4, -0.2) is 19.7 Å². The summed E-state index contributed by atoms with van der Waals surface area (Å²) in [5.74, 6) is -2.23. The van der Waals surface area contributed by atoms with E-state index >= 15 is 0 Å². The minimum Gasteiger partial charge on any atom is -0.496 e. The molecule has 0 aromatic heterocycles. The summed E-state index contributed by atoms with van der Waals surface area (Å²) >= 11 is 0. The Morgan fingerprint density at radius 1 is 1.19 bits per heavy atom. The molecule has 1 aliphatic rings. The number of halogens is 2. The van der Waals surface area contributed by atoms with Crippen molar-refractivity contribution in [2.45, 2.75) is 44.3 Å². The number of nitrogens with one attached hydrogen (secondary N) is 2. The van der Waals surface area contributed by atoms with Crippen molar-refractivity contribution in [2.75, 3.05) is 13.7 Å². The molecule has 26 heavy (non-hydrogen) atoms. The molecule has 1 saturated heterocycles. The topological polar surface area (TPSA) is 33.3 Å². The van der Waals surface area contributed by atoms with Crippen molar-refractivity contribution in [1.29, 1.82) is 0 Å². The van der Waals surface area contributed by atoms with Gasteiger partial charge in [0.1, 0.15) is 5.75 Å². The summed E-state index contributed by atoms with van der Waals surface area (Å²) in [6, 6.07) is 15.4. The van der Waals surface area contributed by atoms with E-state index in [1.807, 2.05) is 18.2 Å². The standard InChI is InChI=1S/C21H26F2N2O/c1-21(22,23)17-10-11-19(26-2)16(13-17)14-25-18-9-6-12-24-20(18)15-7-4-3-5-8-15/h3-5,7-8,10-11,13,18,20,24-25H,6,9,12,14H2,1-2H3. The number of hydrogen-bond acceptors (Lipinski definition) is 3. The van der Waals surface area contributed by atoms with Gasteiger partial charge in [0.15, 0.2) is 0 Å². The van der Waals surface area contributed by atoms with E-state index < -0.39 is 5.92 Å². The summed E-state index contributed by atoms with van der Waals surface area (Å²) in [7, 11) is 1.57. The predicted octanol–water partition coefficient (Wildman–Crippen LogP) is 4.39. The van der Waals surface area contributed by atoms with Gasteiger partial charge in [-0.1, -0.05) is 30.3 Å². The maximum atomic E-state index is 13.7. The summed E-state index contributed by atoms with van der Waals surface area (Å²) < 4.78 is 32.7. The van der Waals surface area contributed by atoms with E-state index in [1.54, 1.807) is 19.2 Å². The largest absolute Gasteiger partial charge is 0.496 e. The highest BCUT2D eigenvalue weighted by atomic mass is 19.3. The lowest BCUT2D eigenvalue weighted by atomic mass is 9.92. The zero-order valence-electron chi connectivity index (χ0n) is 15.3. The van der Waals surface area contributed by atoms with Gasteiger partial charge in [-0.15, -0.1) is 0 Å². The van der Waals surface area contributed by atoms with Crippen LogP contribution in [0.4, 0.5) is 8.78 Å². The zero-order valence-corrected chi connectivity index (χ0v) is 15.3. The summed E-state index contributed by atoms with van der Waals surface area (Å²) in [6.07, 6.45) is 2.13. The fourth-order valence-corrected chi connectivity index (χ4v) is 3.55. The molecule has 2 N–H and O–H groups in total. The maximum Gasteiger partial charge on any atom is 0.270 e. The minimum atomic E-state index is -2.86. The second-order valence-corrected chi connectivity index (χ2v) is 6.89. The van der Waals surface area contributed by atoms with Crippen LogP contribution >= 0.6 is 0 Å². The maximum absolute atomic E-state index is 13.7. The summed E-state index contributed by atoms with van der Waals surface area (Å²) in [5.41, 5.74) is 2.01. The first-order valence-electron chi connectivity index (χ1n) is 9.06. The highest BCUT2D eigenvalue weighted by Gasteiger charge is 2.27. The SMILES string of the molecule is COc1ccc(C(C)(F)F)cc1CNC1CCCNC1c1ccccc1. The van der Waals surface area contributed by atoms with Crippen molar-refractivity contribution in [1.82, 2.24) is 10.6 Å². The van der Waals surface area contributed by atoms with Gasteiger partial charge in [0, 0.05) is 36.7 Å². The Bertz CT molecular complexity index is 716. The van der Waals surface area contributed by atoms with E-state index in [0.29, 0.717) is 12.3 Å². The van der Waals surface area contributed by atoms with Crippen LogP contribution in [0, 0.1) is 0 Å². The fraction of sp³-hybridized carbons (Fsp3) is 0.429. The minimum absolute atomic E-state index is 0.0106. The first-order valence-corrected chi connectivity index (χ1v) is 9.06. The number of benzene rings is 2. The lowest BCUT2D eigenvalue weighted by molar-refractivity contribution is 0.0173. The Kier molecular flexibility index (Phi) is 5.89. The second-order valence-electron chi connectivity index (χ2n) is 6.89. The molecule has 1 fully saturated rings. The lowest BCUT2D eigenvalue weighted by Crippen LogP contribution is -2.45. The quantitative estimate of drug-likeness (QED) is 0.802. The van der Waals surface area contributed by atoms with Gasteiger partial charge in [-0.2, -0.15) is 0 Å². The Morgan fingerprint density at radius 3 is 2.65 bits per heavy atom. The Balaban J connectivity index is 1.76. The molecule has 1 aliphatic heterocycles. The van der Waals surface area contributed by atoms with Gasteiger partial charge in [-0.3, -0.25) is 0 Å². The molecule has 0 amide bonds. The summed E-state index contributed by atoms with van der Waals surface area (Å²) in [5, 5.41) is 7.12. The molecule has 2 atom stereocenters. The molecule has 0 spiro atoms. The number of rotatable bonds is 6. The first-order chi connectivity index (χ1) is 12.5. The normalized spacial score (nSPS) is 20.8. The molecule has 0 bridgehead atoms. The van der Waals surface area contributed by atoms with Crippen LogP contribution in [0.25, 0.3) is 0 Å². The van der Waals surface area contributed by atoms with Crippen molar-refractivity contribution in [3.8, 4) is 5.75 Å². The highest BCUT2D eigenvalue weighted by Crippen LogP contribution is 2.31. The molecule has 2 aromatic rings. The Morgan fingerprint density at radius 2 is 1.96 bits per heavy atom. The molecule has 0 saturated carbocycles. The van der Waals surface area contributed by atoms with Gasteiger partial charge in [-0.25, -0.2) is 8.78 Å². The van der Waals surface area contributed by atoms with E-state index in [-0.39, 0.29) is 17.6 Å². The van der Waals surface area contributed by atoms with E-state index in [1.165, 1.54) is 11.6 Å². The second kappa shape index (κ2) is 8.14. The van der Waals surface area contributed by atoms with Gasteiger partial charge < -0.3 is 15.4 Å². The van der Waals surface area contributed by atoms with Crippen molar-refractivity contribution in [2.24, 2.45) is 0 Å². The number of hydrogen-bond donors (Lipinski definition) is 2. The van der Waals surface area contributed by atoms with Crippen LogP contribution in [0.2, 0.25) is 0 Å². The monoisotopic (exact) mass is 360 g/mol. The predicted molar refractivity (Wildman–Crippen MR) is 99.6 cm³/mol. The van der Waals surface area contributed by atoms with Crippen molar-refractivity contribution < 1.29 is 13.5 Å². The van der Waals surface area contributed by atoms with Crippen LogP contribution < -0.4 is 15.4 Å². The van der Waals surface area contributed by atoms with E-state index in [4.69, 9.17) is 4.74 Å². The molecule has 5 heteroatoms. The number of alkyl halides is 2.